The van der Waals surface area contributed by atoms with Crippen LogP contribution in [-0.4, -0.2) is 15.8 Å². The van der Waals surface area contributed by atoms with Gasteiger partial charge in [0.1, 0.15) is 16.8 Å². The molecule has 3 nitrogen and oxygen atoms in total. The maximum absolute atomic E-state index is 13.4. The highest BCUT2D eigenvalue weighted by Gasteiger charge is 2.31. The molecule has 14 heavy (non-hydrogen) atoms. The van der Waals surface area contributed by atoms with Crippen LogP contribution < -0.4 is 5.73 Å². The predicted octanol–water partition coefficient (Wildman–Crippen LogP) is 1.69. The predicted molar refractivity (Wildman–Crippen MR) is 54.9 cm³/mol. The SMILES string of the molecule is Cc1nc(C(O)C(C)(C)F)sc1CN. The lowest BCUT2D eigenvalue weighted by molar-refractivity contribution is 0.0159. The van der Waals surface area contributed by atoms with Gasteiger partial charge in [-0.05, 0) is 20.8 Å². The van der Waals surface area contributed by atoms with Crippen LogP contribution in [0, 0.1) is 6.92 Å². The molecule has 0 spiro atoms. The number of aromatic nitrogens is 1. The van der Waals surface area contributed by atoms with Gasteiger partial charge in [0.15, 0.2) is 0 Å². The number of nitrogens with two attached hydrogens (primary N) is 1. The summed E-state index contributed by atoms with van der Waals surface area (Å²) in [6.07, 6.45) is -1.17. The number of aryl methyl sites for hydroxylation is 1. The van der Waals surface area contributed by atoms with Crippen LogP contribution in [0.1, 0.15) is 35.5 Å². The summed E-state index contributed by atoms with van der Waals surface area (Å²) in [5.41, 5.74) is 4.57. The Morgan fingerprint density at radius 1 is 1.64 bits per heavy atom. The zero-order valence-corrected chi connectivity index (χ0v) is 9.36. The number of nitrogens with zero attached hydrogens (tertiary/aromatic N) is 1. The van der Waals surface area contributed by atoms with E-state index in [1.54, 1.807) is 6.92 Å². The summed E-state index contributed by atoms with van der Waals surface area (Å²) in [7, 11) is 0. The van der Waals surface area contributed by atoms with E-state index in [0.717, 1.165) is 10.6 Å². The normalized spacial score (nSPS) is 14.4. The molecular weight excluding hydrogens is 203 g/mol. The molecular formula is C9H15FN2OS. The molecule has 0 fully saturated rings. The Hall–Kier alpha value is -0.520. The fourth-order valence-electron chi connectivity index (χ4n) is 1.05. The lowest BCUT2D eigenvalue weighted by Gasteiger charge is -2.19. The number of hydrogen-bond donors (Lipinski definition) is 2. The standard InChI is InChI=1S/C9H15FN2OS/c1-5-6(4-11)14-8(12-5)7(13)9(2,3)10/h7,13H,4,11H2,1-3H3. The van der Waals surface area contributed by atoms with E-state index in [4.69, 9.17) is 5.73 Å². The van der Waals surface area contributed by atoms with Gasteiger partial charge in [-0.15, -0.1) is 11.3 Å². The van der Waals surface area contributed by atoms with Crippen LogP contribution in [0.2, 0.25) is 0 Å². The highest BCUT2D eigenvalue weighted by molar-refractivity contribution is 7.11. The minimum atomic E-state index is -1.67. The largest absolute Gasteiger partial charge is 0.383 e. The maximum Gasteiger partial charge on any atom is 0.139 e. The van der Waals surface area contributed by atoms with E-state index < -0.39 is 11.8 Å². The van der Waals surface area contributed by atoms with E-state index in [9.17, 15) is 9.50 Å². The Labute approximate surface area is 86.8 Å². The lowest BCUT2D eigenvalue weighted by atomic mass is 10.1. The van der Waals surface area contributed by atoms with Crippen molar-refractivity contribution in [3.8, 4) is 0 Å². The van der Waals surface area contributed by atoms with Gasteiger partial charge in [-0.1, -0.05) is 0 Å². The van der Waals surface area contributed by atoms with Gasteiger partial charge < -0.3 is 10.8 Å². The molecule has 1 rings (SSSR count). The Morgan fingerprint density at radius 2 is 2.21 bits per heavy atom. The van der Waals surface area contributed by atoms with Gasteiger partial charge in [0.2, 0.25) is 0 Å². The molecule has 1 heterocycles. The molecule has 0 bridgehead atoms. The highest BCUT2D eigenvalue weighted by atomic mass is 32.1. The van der Waals surface area contributed by atoms with Crippen LogP contribution in [0.15, 0.2) is 0 Å². The quantitative estimate of drug-likeness (QED) is 0.811. The zero-order chi connectivity index (χ0) is 10.9. The van der Waals surface area contributed by atoms with Crippen LogP contribution in [0.5, 0.6) is 0 Å². The Balaban J connectivity index is 2.97. The zero-order valence-electron chi connectivity index (χ0n) is 8.54. The summed E-state index contributed by atoms with van der Waals surface area (Å²) in [6.45, 7) is 4.84. The van der Waals surface area contributed by atoms with E-state index in [2.05, 4.69) is 4.98 Å². The van der Waals surface area contributed by atoms with Gasteiger partial charge >= 0.3 is 0 Å². The third kappa shape index (κ3) is 2.29. The van der Waals surface area contributed by atoms with Crippen molar-refractivity contribution in [2.75, 3.05) is 0 Å². The van der Waals surface area contributed by atoms with E-state index in [1.807, 2.05) is 0 Å². The number of hydrogen-bond acceptors (Lipinski definition) is 4. The molecule has 3 N–H and O–H groups in total. The maximum atomic E-state index is 13.4. The van der Waals surface area contributed by atoms with Gasteiger partial charge in [0, 0.05) is 11.4 Å². The monoisotopic (exact) mass is 218 g/mol. The van der Waals surface area contributed by atoms with E-state index in [-0.39, 0.29) is 0 Å². The van der Waals surface area contributed by atoms with Crippen molar-refractivity contribution in [1.82, 2.24) is 4.98 Å². The minimum absolute atomic E-state index is 0.378. The van der Waals surface area contributed by atoms with Crippen molar-refractivity contribution < 1.29 is 9.50 Å². The smallest absolute Gasteiger partial charge is 0.139 e. The second kappa shape index (κ2) is 3.92. The highest BCUT2D eigenvalue weighted by Crippen LogP contribution is 2.32. The molecule has 0 saturated carbocycles. The van der Waals surface area contributed by atoms with Crippen molar-refractivity contribution in [1.29, 1.82) is 0 Å². The summed E-state index contributed by atoms with van der Waals surface area (Å²) in [5, 5.41) is 10.0. The van der Waals surface area contributed by atoms with Crippen LogP contribution in [-0.2, 0) is 6.54 Å². The first-order chi connectivity index (χ1) is 6.36. The first-order valence-electron chi connectivity index (χ1n) is 4.39. The third-order valence-corrected chi connectivity index (χ3v) is 3.21. The number of thiazole rings is 1. The Kier molecular flexibility index (Phi) is 3.24. The van der Waals surface area contributed by atoms with Crippen LogP contribution in [0.4, 0.5) is 4.39 Å². The second-order valence-corrected chi connectivity index (χ2v) is 4.85. The molecule has 1 aromatic rings. The van der Waals surface area contributed by atoms with Crippen LogP contribution in [0.3, 0.4) is 0 Å². The summed E-state index contributed by atoms with van der Waals surface area (Å²) in [6, 6.07) is 0. The first-order valence-corrected chi connectivity index (χ1v) is 5.21. The molecule has 0 aliphatic heterocycles. The summed E-state index contributed by atoms with van der Waals surface area (Å²) < 4.78 is 13.4. The molecule has 0 radical (unpaired) electrons. The molecule has 0 saturated heterocycles. The van der Waals surface area contributed by atoms with E-state index >= 15 is 0 Å². The Morgan fingerprint density at radius 3 is 2.57 bits per heavy atom. The number of aliphatic hydroxyl groups is 1. The number of aliphatic hydroxyl groups excluding tert-OH is 1. The van der Waals surface area contributed by atoms with Crippen molar-refractivity contribution in [3.63, 3.8) is 0 Å². The van der Waals surface area contributed by atoms with Crippen molar-refractivity contribution >= 4 is 11.3 Å². The van der Waals surface area contributed by atoms with Gasteiger partial charge in [0.25, 0.3) is 0 Å². The van der Waals surface area contributed by atoms with E-state index in [0.29, 0.717) is 11.6 Å². The van der Waals surface area contributed by atoms with Gasteiger partial charge in [-0.3, -0.25) is 0 Å². The average Bonchev–Trinajstić information content (AvgIpc) is 2.43. The molecule has 1 unspecified atom stereocenters. The topological polar surface area (TPSA) is 59.1 Å². The molecule has 1 atom stereocenters. The van der Waals surface area contributed by atoms with E-state index in [1.165, 1.54) is 25.2 Å². The number of alkyl halides is 1. The van der Waals surface area contributed by atoms with Crippen molar-refractivity contribution in [3.05, 3.63) is 15.6 Å². The Bertz CT molecular complexity index is 319. The fraction of sp³-hybridized carbons (Fsp3) is 0.667. The van der Waals surface area contributed by atoms with Crippen LogP contribution in [0.25, 0.3) is 0 Å². The number of rotatable bonds is 3. The van der Waals surface area contributed by atoms with Crippen molar-refractivity contribution in [2.24, 2.45) is 5.73 Å². The molecule has 0 aliphatic carbocycles. The summed E-state index contributed by atoms with van der Waals surface area (Å²) in [5.74, 6) is 0. The summed E-state index contributed by atoms with van der Waals surface area (Å²) in [4.78, 5) is 4.99. The minimum Gasteiger partial charge on any atom is -0.383 e. The van der Waals surface area contributed by atoms with Crippen LogP contribution >= 0.6 is 11.3 Å². The van der Waals surface area contributed by atoms with Gasteiger partial charge in [-0.25, -0.2) is 9.37 Å². The molecule has 0 aliphatic rings. The molecule has 0 amide bonds. The third-order valence-electron chi connectivity index (χ3n) is 1.98. The van der Waals surface area contributed by atoms with Gasteiger partial charge in [-0.2, -0.15) is 0 Å². The summed E-state index contributed by atoms with van der Waals surface area (Å²) >= 11 is 1.27. The van der Waals surface area contributed by atoms with Gasteiger partial charge in [0.05, 0.1) is 5.69 Å². The molecule has 1 aromatic heterocycles. The molecule has 0 aromatic carbocycles. The van der Waals surface area contributed by atoms with Crippen molar-refractivity contribution in [2.45, 2.75) is 39.1 Å². The lowest BCUT2D eigenvalue weighted by Crippen LogP contribution is -2.23. The molecule has 5 heteroatoms. The fourth-order valence-corrected chi connectivity index (χ4v) is 2.15. The average molecular weight is 218 g/mol. The molecule has 80 valence electrons. The first kappa shape index (κ1) is 11.6. The second-order valence-electron chi connectivity index (χ2n) is 3.73. The number of halogens is 1.